The van der Waals surface area contributed by atoms with Gasteiger partial charge in [0.25, 0.3) is 11.8 Å². The first-order valence-electron chi connectivity index (χ1n) is 7.99. The Bertz CT molecular complexity index is 795. The second kappa shape index (κ2) is 7.17. The van der Waals surface area contributed by atoms with E-state index >= 15 is 0 Å². The fourth-order valence-corrected chi connectivity index (χ4v) is 2.63. The van der Waals surface area contributed by atoms with Gasteiger partial charge in [0, 0.05) is 6.54 Å². The molecule has 0 saturated carbocycles. The lowest BCUT2D eigenvalue weighted by atomic mass is 10.1. The second-order valence-electron chi connectivity index (χ2n) is 5.41. The lowest BCUT2D eigenvalue weighted by molar-refractivity contribution is -0.134. The summed E-state index contributed by atoms with van der Waals surface area (Å²) in [6.07, 6.45) is -0.0913. The van der Waals surface area contributed by atoms with Crippen molar-refractivity contribution in [2.24, 2.45) is 0 Å². The van der Waals surface area contributed by atoms with Gasteiger partial charge in [-0.05, 0) is 31.2 Å². The summed E-state index contributed by atoms with van der Waals surface area (Å²) in [4.78, 5) is 37.7. The zero-order chi connectivity index (χ0) is 17.8. The van der Waals surface area contributed by atoms with Crippen molar-refractivity contribution in [2.75, 3.05) is 13.2 Å². The molecule has 2 aromatic carbocycles. The van der Waals surface area contributed by atoms with E-state index in [1.165, 1.54) is 0 Å². The molecule has 0 aromatic heterocycles. The first kappa shape index (κ1) is 16.7. The summed E-state index contributed by atoms with van der Waals surface area (Å²) in [5, 5.41) is 0. The molecule has 0 unspecified atom stereocenters. The predicted octanol–water partition coefficient (Wildman–Crippen LogP) is 2.68. The zero-order valence-corrected chi connectivity index (χ0v) is 13.7. The van der Waals surface area contributed by atoms with Gasteiger partial charge in [-0.2, -0.15) is 0 Å². The van der Waals surface area contributed by atoms with Gasteiger partial charge in [-0.1, -0.05) is 24.3 Å². The van der Waals surface area contributed by atoms with Crippen molar-refractivity contribution in [1.29, 1.82) is 0 Å². The van der Waals surface area contributed by atoms with Crippen LogP contribution in [0.4, 0.5) is 0 Å². The van der Waals surface area contributed by atoms with Crippen LogP contribution >= 0.6 is 0 Å². The van der Waals surface area contributed by atoms with E-state index in [0.29, 0.717) is 29.2 Å². The Morgan fingerprint density at radius 3 is 2.08 bits per heavy atom. The summed E-state index contributed by atoms with van der Waals surface area (Å²) in [6.45, 7) is 2.26. The number of fused-ring (bicyclic) bond motifs is 1. The minimum atomic E-state index is -0.538. The molecule has 0 bridgehead atoms. The number of amides is 2. The maximum Gasteiger partial charge on any atom is 0.313 e. The minimum absolute atomic E-state index is 0.0258. The highest BCUT2D eigenvalue weighted by molar-refractivity contribution is 6.21. The molecule has 128 valence electrons. The van der Waals surface area contributed by atoms with Crippen LogP contribution in [0.3, 0.4) is 0 Å². The molecule has 25 heavy (non-hydrogen) atoms. The van der Waals surface area contributed by atoms with E-state index in [4.69, 9.17) is 9.47 Å². The standard InChI is InChI=1S/C19H17NO5/c1-2-24-15-9-5-6-10-16(15)25-17(21)11-12-20-18(22)13-7-3-4-8-14(13)19(20)23/h3-10H,2,11-12H2,1H3. The topological polar surface area (TPSA) is 72.9 Å². The van der Waals surface area contributed by atoms with Gasteiger partial charge in [-0.3, -0.25) is 19.3 Å². The van der Waals surface area contributed by atoms with Gasteiger partial charge in [-0.25, -0.2) is 0 Å². The van der Waals surface area contributed by atoms with Crippen molar-refractivity contribution >= 4 is 17.8 Å². The first-order chi connectivity index (χ1) is 12.1. The van der Waals surface area contributed by atoms with E-state index in [0.717, 1.165) is 4.90 Å². The Kier molecular flexibility index (Phi) is 4.79. The number of hydrogen-bond donors (Lipinski definition) is 0. The van der Waals surface area contributed by atoms with Crippen LogP contribution in [0.25, 0.3) is 0 Å². The quantitative estimate of drug-likeness (QED) is 0.460. The van der Waals surface area contributed by atoms with Gasteiger partial charge in [0.15, 0.2) is 11.5 Å². The van der Waals surface area contributed by atoms with E-state index in [1.807, 2.05) is 6.92 Å². The highest BCUT2D eigenvalue weighted by Gasteiger charge is 2.35. The van der Waals surface area contributed by atoms with E-state index in [2.05, 4.69) is 0 Å². The van der Waals surface area contributed by atoms with E-state index in [1.54, 1.807) is 48.5 Å². The van der Waals surface area contributed by atoms with Crippen molar-refractivity contribution in [1.82, 2.24) is 4.90 Å². The Hall–Kier alpha value is -3.15. The molecule has 1 aliphatic rings. The molecule has 0 atom stereocenters. The van der Waals surface area contributed by atoms with E-state index in [9.17, 15) is 14.4 Å². The van der Waals surface area contributed by atoms with Gasteiger partial charge in [0.05, 0.1) is 24.2 Å². The molecule has 1 aliphatic heterocycles. The Morgan fingerprint density at radius 2 is 1.48 bits per heavy atom. The molecule has 2 amide bonds. The molecule has 0 aliphatic carbocycles. The summed E-state index contributed by atoms with van der Waals surface area (Å²) in [7, 11) is 0. The van der Waals surface area contributed by atoms with Gasteiger partial charge >= 0.3 is 5.97 Å². The number of benzene rings is 2. The van der Waals surface area contributed by atoms with Gasteiger partial charge < -0.3 is 9.47 Å². The van der Waals surface area contributed by atoms with Gasteiger partial charge in [0.2, 0.25) is 0 Å². The largest absolute Gasteiger partial charge is 0.490 e. The summed E-state index contributed by atoms with van der Waals surface area (Å²) in [5.74, 6) is -0.522. The van der Waals surface area contributed by atoms with Gasteiger partial charge in [-0.15, -0.1) is 0 Å². The lowest BCUT2D eigenvalue weighted by Crippen LogP contribution is -2.32. The van der Waals surface area contributed by atoms with Gasteiger partial charge in [0.1, 0.15) is 0 Å². The predicted molar refractivity (Wildman–Crippen MR) is 89.7 cm³/mol. The summed E-state index contributed by atoms with van der Waals surface area (Å²) in [5.41, 5.74) is 0.727. The Labute approximate surface area is 145 Å². The minimum Gasteiger partial charge on any atom is -0.490 e. The van der Waals surface area contributed by atoms with E-state index in [-0.39, 0.29) is 24.8 Å². The summed E-state index contributed by atoms with van der Waals surface area (Å²) in [6, 6.07) is 13.5. The third-order valence-corrected chi connectivity index (χ3v) is 3.79. The van der Waals surface area contributed by atoms with Crippen LogP contribution in [0.5, 0.6) is 11.5 Å². The van der Waals surface area contributed by atoms with Crippen LogP contribution in [0.1, 0.15) is 34.1 Å². The lowest BCUT2D eigenvalue weighted by Gasteiger charge is -2.14. The first-order valence-corrected chi connectivity index (χ1v) is 7.99. The number of ether oxygens (including phenoxy) is 2. The fourth-order valence-electron chi connectivity index (χ4n) is 2.63. The summed E-state index contributed by atoms with van der Waals surface area (Å²) >= 11 is 0. The van der Waals surface area contributed by atoms with Crippen LogP contribution in [0, 0.1) is 0 Å². The average molecular weight is 339 g/mol. The number of carbonyl (C=O) groups excluding carboxylic acids is 3. The zero-order valence-electron chi connectivity index (χ0n) is 13.7. The van der Waals surface area contributed by atoms with Crippen molar-refractivity contribution in [3.63, 3.8) is 0 Å². The number of para-hydroxylation sites is 2. The molecule has 0 saturated heterocycles. The normalized spacial score (nSPS) is 12.9. The number of esters is 1. The number of hydrogen-bond acceptors (Lipinski definition) is 5. The maximum atomic E-state index is 12.3. The molecule has 0 spiro atoms. The molecular formula is C19H17NO5. The maximum absolute atomic E-state index is 12.3. The average Bonchev–Trinajstić information content (AvgIpc) is 2.86. The molecule has 0 radical (unpaired) electrons. The Balaban J connectivity index is 1.62. The molecule has 2 aromatic rings. The number of carbonyl (C=O) groups is 3. The Morgan fingerprint density at radius 1 is 0.920 bits per heavy atom. The van der Waals surface area contributed by atoms with Crippen molar-refractivity contribution in [3.8, 4) is 11.5 Å². The van der Waals surface area contributed by atoms with Crippen LogP contribution in [0.2, 0.25) is 0 Å². The van der Waals surface area contributed by atoms with Crippen molar-refractivity contribution < 1.29 is 23.9 Å². The van der Waals surface area contributed by atoms with Crippen LogP contribution in [0.15, 0.2) is 48.5 Å². The number of rotatable bonds is 6. The van der Waals surface area contributed by atoms with Crippen LogP contribution < -0.4 is 9.47 Å². The highest BCUT2D eigenvalue weighted by atomic mass is 16.6. The molecule has 3 rings (SSSR count). The smallest absolute Gasteiger partial charge is 0.313 e. The second-order valence-corrected chi connectivity index (χ2v) is 5.41. The van der Waals surface area contributed by atoms with Crippen LogP contribution in [-0.2, 0) is 4.79 Å². The number of nitrogens with zero attached hydrogens (tertiary/aromatic N) is 1. The van der Waals surface area contributed by atoms with E-state index < -0.39 is 5.97 Å². The third-order valence-electron chi connectivity index (χ3n) is 3.79. The third kappa shape index (κ3) is 3.38. The van der Waals surface area contributed by atoms with Crippen molar-refractivity contribution in [3.05, 3.63) is 59.7 Å². The molecule has 6 nitrogen and oxygen atoms in total. The molecular weight excluding hydrogens is 322 g/mol. The van der Waals surface area contributed by atoms with Crippen LogP contribution in [-0.4, -0.2) is 35.8 Å². The number of imide groups is 1. The van der Waals surface area contributed by atoms with Crippen molar-refractivity contribution in [2.45, 2.75) is 13.3 Å². The SMILES string of the molecule is CCOc1ccccc1OC(=O)CCN1C(=O)c2ccccc2C1=O. The fraction of sp³-hybridized carbons (Fsp3) is 0.211. The molecule has 1 heterocycles. The monoisotopic (exact) mass is 339 g/mol. The molecule has 0 N–H and O–H groups in total. The molecule has 6 heteroatoms. The highest BCUT2D eigenvalue weighted by Crippen LogP contribution is 2.27. The molecule has 0 fully saturated rings. The summed E-state index contributed by atoms with van der Waals surface area (Å²) < 4.78 is 10.7.